The lowest BCUT2D eigenvalue weighted by molar-refractivity contribution is 0.138. The molecule has 2 aromatic rings. The lowest BCUT2D eigenvalue weighted by Crippen LogP contribution is -2.24. The predicted molar refractivity (Wildman–Crippen MR) is 80.9 cm³/mol. The largest absolute Gasteiger partial charge is 0.396 e. The summed E-state index contributed by atoms with van der Waals surface area (Å²) in [6.07, 6.45) is 0. The van der Waals surface area contributed by atoms with Crippen LogP contribution in [0.5, 0.6) is 0 Å². The predicted octanol–water partition coefficient (Wildman–Crippen LogP) is 3.19. The topological polar surface area (TPSA) is 38.0 Å². The van der Waals surface area contributed by atoms with Gasteiger partial charge < -0.3 is 5.11 Å². The van der Waals surface area contributed by atoms with E-state index in [-0.39, 0.29) is 12.0 Å². The smallest absolute Gasteiger partial charge is 0.143 e. The first-order valence-corrected chi connectivity index (χ1v) is 6.96. The molecule has 0 aliphatic carbocycles. The summed E-state index contributed by atoms with van der Waals surface area (Å²) in [5.41, 5.74) is 1.62. The summed E-state index contributed by atoms with van der Waals surface area (Å²) in [5, 5.41) is 15.0. The van der Waals surface area contributed by atoms with Crippen LogP contribution >= 0.6 is 15.9 Å². The first-order valence-electron chi connectivity index (χ1n) is 6.16. The molecule has 0 fully saturated rings. The van der Waals surface area contributed by atoms with Crippen molar-refractivity contribution < 1.29 is 5.11 Å². The second-order valence-corrected chi connectivity index (χ2v) is 6.28. The van der Waals surface area contributed by atoms with Gasteiger partial charge in [-0.2, -0.15) is 5.10 Å². The highest BCUT2D eigenvalue weighted by molar-refractivity contribution is 9.10. The van der Waals surface area contributed by atoms with E-state index >= 15 is 0 Å². The SMILES string of the molecule is CC#Cc1nn(CC(C)(C)CO)c2cc(Br)ccc12. The maximum absolute atomic E-state index is 9.41. The number of benzene rings is 1. The van der Waals surface area contributed by atoms with E-state index in [4.69, 9.17) is 0 Å². The molecule has 1 aromatic heterocycles. The zero-order valence-electron chi connectivity index (χ0n) is 11.4. The number of aliphatic hydroxyl groups is 1. The van der Waals surface area contributed by atoms with E-state index in [1.807, 2.05) is 36.7 Å². The molecule has 2 rings (SSSR count). The van der Waals surface area contributed by atoms with Gasteiger partial charge in [-0.15, -0.1) is 0 Å². The average molecular weight is 321 g/mol. The zero-order valence-corrected chi connectivity index (χ0v) is 13.0. The third-order valence-corrected chi connectivity index (χ3v) is 3.46. The zero-order chi connectivity index (χ0) is 14.0. The highest BCUT2D eigenvalue weighted by Gasteiger charge is 2.20. The number of nitrogens with zero attached hydrogens (tertiary/aromatic N) is 2. The van der Waals surface area contributed by atoms with Crippen molar-refractivity contribution in [3.63, 3.8) is 0 Å². The van der Waals surface area contributed by atoms with E-state index in [0.717, 1.165) is 21.1 Å². The summed E-state index contributed by atoms with van der Waals surface area (Å²) in [6, 6.07) is 6.05. The Bertz CT molecular complexity index is 662. The monoisotopic (exact) mass is 320 g/mol. The molecule has 0 amide bonds. The van der Waals surface area contributed by atoms with Crippen molar-refractivity contribution in [3.05, 3.63) is 28.4 Å². The molecule has 1 aromatic carbocycles. The maximum atomic E-state index is 9.41. The fourth-order valence-electron chi connectivity index (χ4n) is 1.93. The van der Waals surface area contributed by atoms with E-state index in [9.17, 15) is 5.11 Å². The molecule has 0 atom stereocenters. The number of hydrogen-bond donors (Lipinski definition) is 1. The van der Waals surface area contributed by atoms with Crippen LogP contribution in [-0.2, 0) is 6.54 Å². The van der Waals surface area contributed by atoms with Crippen molar-refractivity contribution in [1.29, 1.82) is 0 Å². The summed E-state index contributed by atoms with van der Waals surface area (Å²) in [7, 11) is 0. The highest BCUT2D eigenvalue weighted by Crippen LogP contribution is 2.25. The van der Waals surface area contributed by atoms with Crippen molar-refractivity contribution in [3.8, 4) is 11.8 Å². The summed E-state index contributed by atoms with van der Waals surface area (Å²) in [5.74, 6) is 5.93. The van der Waals surface area contributed by atoms with Gasteiger partial charge in [-0.3, -0.25) is 4.68 Å². The highest BCUT2D eigenvalue weighted by atomic mass is 79.9. The number of hydrogen-bond acceptors (Lipinski definition) is 2. The van der Waals surface area contributed by atoms with Gasteiger partial charge >= 0.3 is 0 Å². The average Bonchev–Trinajstić information content (AvgIpc) is 2.67. The molecule has 0 saturated heterocycles. The van der Waals surface area contributed by atoms with Crippen molar-refractivity contribution in [2.45, 2.75) is 27.3 Å². The lowest BCUT2D eigenvalue weighted by atomic mass is 9.95. The van der Waals surface area contributed by atoms with Gasteiger partial charge in [0.25, 0.3) is 0 Å². The van der Waals surface area contributed by atoms with Crippen molar-refractivity contribution >= 4 is 26.8 Å². The normalized spacial score (nSPS) is 11.4. The van der Waals surface area contributed by atoms with Crippen LogP contribution in [-0.4, -0.2) is 21.5 Å². The Morgan fingerprint density at radius 2 is 2.16 bits per heavy atom. The summed E-state index contributed by atoms with van der Waals surface area (Å²) < 4.78 is 2.94. The van der Waals surface area contributed by atoms with Crippen molar-refractivity contribution in [2.75, 3.05) is 6.61 Å². The van der Waals surface area contributed by atoms with Gasteiger partial charge in [0, 0.05) is 28.4 Å². The fraction of sp³-hybridized carbons (Fsp3) is 0.400. The molecule has 1 N–H and O–H groups in total. The molecule has 0 radical (unpaired) electrons. The van der Waals surface area contributed by atoms with Crippen LogP contribution in [0.25, 0.3) is 10.9 Å². The van der Waals surface area contributed by atoms with Crippen LogP contribution in [0.3, 0.4) is 0 Å². The van der Waals surface area contributed by atoms with Crippen LogP contribution in [0.1, 0.15) is 26.5 Å². The maximum Gasteiger partial charge on any atom is 0.143 e. The lowest BCUT2D eigenvalue weighted by Gasteiger charge is -2.21. The Kier molecular flexibility index (Phi) is 3.98. The Morgan fingerprint density at radius 3 is 2.79 bits per heavy atom. The molecular formula is C15H17BrN2O. The molecule has 1 heterocycles. The fourth-order valence-corrected chi connectivity index (χ4v) is 2.28. The summed E-state index contributed by atoms with van der Waals surface area (Å²) in [4.78, 5) is 0. The Labute approximate surface area is 121 Å². The molecule has 3 nitrogen and oxygen atoms in total. The van der Waals surface area contributed by atoms with Gasteiger partial charge in [0.1, 0.15) is 5.69 Å². The first kappa shape index (κ1) is 14.1. The number of halogens is 1. The first-order chi connectivity index (χ1) is 8.96. The molecule has 0 spiro atoms. The second-order valence-electron chi connectivity index (χ2n) is 5.37. The van der Waals surface area contributed by atoms with Crippen molar-refractivity contribution in [2.24, 2.45) is 5.41 Å². The minimum Gasteiger partial charge on any atom is -0.396 e. The molecular weight excluding hydrogens is 304 g/mol. The van der Waals surface area contributed by atoms with Crippen LogP contribution in [0.15, 0.2) is 22.7 Å². The van der Waals surface area contributed by atoms with Gasteiger partial charge in [-0.05, 0) is 31.0 Å². The Morgan fingerprint density at radius 1 is 1.42 bits per heavy atom. The number of aliphatic hydroxyl groups excluding tert-OH is 1. The standard InChI is InChI=1S/C15H17BrN2O/c1-4-5-13-12-7-6-11(16)8-14(12)18(17-13)9-15(2,3)10-19/h6-8,19H,9-10H2,1-3H3. The molecule has 19 heavy (non-hydrogen) atoms. The minimum absolute atomic E-state index is 0.122. The van der Waals surface area contributed by atoms with Gasteiger partial charge in [0.2, 0.25) is 0 Å². The molecule has 0 saturated carbocycles. The molecule has 0 bridgehead atoms. The van der Waals surface area contributed by atoms with Crippen molar-refractivity contribution in [1.82, 2.24) is 9.78 Å². The van der Waals surface area contributed by atoms with Gasteiger partial charge in [0.05, 0.1) is 5.52 Å². The van der Waals surface area contributed by atoms with Crippen LogP contribution in [0.4, 0.5) is 0 Å². The Hall–Kier alpha value is -1.31. The van der Waals surface area contributed by atoms with E-state index in [0.29, 0.717) is 6.54 Å². The Balaban J connectivity index is 2.59. The van der Waals surface area contributed by atoms with Crippen LogP contribution in [0, 0.1) is 17.3 Å². The van der Waals surface area contributed by atoms with Gasteiger partial charge in [0.15, 0.2) is 0 Å². The molecule has 0 aliphatic rings. The van der Waals surface area contributed by atoms with Gasteiger partial charge in [-0.1, -0.05) is 35.7 Å². The minimum atomic E-state index is -0.210. The molecule has 100 valence electrons. The third-order valence-electron chi connectivity index (χ3n) is 2.96. The number of rotatable bonds is 3. The second kappa shape index (κ2) is 5.36. The van der Waals surface area contributed by atoms with E-state index < -0.39 is 0 Å². The van der Waals surface area contributed by atoms with E-state index in [1.165, 1.54) is 0 Å². The van der Waals surface area contributed by atoms with Crippen LogP contribution < -0.4 is 0 Å². The third kappa shape index (κ3) is 2.99. The quantitative estimate of drug-likeness (QED) is 0.882. The number of aromatic nitrogens is 2. The molecule has 0 unspecified atom stereocenters. The molecule has 4 heteroatoms. The van der Waals surface area contributed by atoms with E-state index in [2.05, 4.69) is 32.9 Å². The summed E-state index contributed by atoms with van der Waals surface area (Å²) in [6.45, 7) is 6.62. The molecule has 0 aliphatic heterocycles. The summed E-state index contributed by atoms with van der Waals surface area (Å²) >= 11 is 3.49. The van der Waals surface area contributed by atoms with E-state index in [1.54, 1.807) is 6.92 Å². The van der Waals surface area contributed by atoms with Crippen LogP contribution in [0.2, 0.25) is 0 Å². The van der Waals surface area contributed by atoms with Gasteiger partial charge in [-0.25, -0.2) is 0 Å². The number of fused-ring (bicyclic) bond motifs is 1.